The highest BCUT2D eigenvalue weighted by Gasteiger charge is 2.24. The first-order valence-corrected chi connectivity index (χ1v) is 9.99. The average Bonchev–Trinajstić information content (AvgIpc) is 2.72. The lowest BCUT2D eigenvalue weighted by molar-refractivity contribution is 0.138. The molecule has 0 radical (unpaired) electrons. The van der Waals surface area contributed by atoms with Gasteiger partial charge in [-0.05, 0) is 54.8 Å². The Kier molecular flexibility index (Phi) is 5.81. The van der Waals surface area contributed by atoms with Gasteiger partial charge in [0.05, 0.1) is 5.69 Å². The molecule has 138 valence electrons. The van der Waals surface area contributed by atoms with E-state index < -0.39 is 0 Å². The Labute approximate surface area is 166 Å². The fraction of sp³-hybridized carbons (Fsp3) is 0.304. The number of halogens is 1. The maximum atomic E-state index is 6.28. The van der Waals surface area contributed by atoms with Crippen LogP contribution in [0.3, 0.4) is 0 Å². The fourth-order valence-corrected chi connectivity index (χ4v) is 4.03. The molecule has 3 nitrogen and oxygen atoms in total. The Morgan fingerprint density at radius 1 is 0.926 bits per heavy atom. The van der Waals surface area contributed by atoms with Crippen molar-refractivity contribution < 1.29 is 0 Å². The number of piperidine rings is 1. The van der Waals surface area contributed by atoms with Crippen LogP contribution >= 0.6 is 11.6 Å². The summed E-state index contributed by atoms with van der Waals surface area (Å²) in [6.45, 7) is 2.01. The van der Waals surface area contributed by atoms with Gasteiger partial charge in [0, 0.05) is 42.1 Å². The highest BCUT2D eigenvalue weighted by atomic mass is 35.5. The Balaban J connectivity index is 1.48. The Bertz CT molecular complexity index is 864. The van der Waals surface area contributed by atoms with Crippen LogP contribution in [-0.2, 0) is 13.0 Å². The lowest BCUT2D eigenvalue weighted by Crippen LogP contribution is -2.33. The fourth-order valence-electron chi connectivity index (χ4n) is 3.83. The molecule has 0 aliphatic carbocycles. The van der Waals surface area contributed by atoms with Gasteiger partial charge < -0.3 is 0 Å². The molecule has 0 amide bonds. The number of aromatic nitrogens is 2. The van der Waals surface area contributed by atoms with Gasteiger partial charge in [-0.15, -0.1) is 0 Å². The Morgan fingerprint density at radius 3 is 2.59 bits per heavy atom. The van der Waals surface area contributed by atoms with Crippen LogP contribution in [0.1, 0.15) is 47.8 Å². The Hall–Kier alpha value is -2.23. The summed E-state index contributed by atoms with van der Waals surface area (Å²) in [5.41, 5.74) is 4.61. The molecule has 1 saturated heterocycles. The molecule has 0 spiro atoms. The molecule has 27 heavy (non-hydrogen) atoms. The lowest BCUT2D eigenvalue weighted by atomic mass is 9.95. The van der Waals surface area contributed by atoms with Gasteiger partial charge in [0.1, 0.15) is 0 Å². The van der Waals surface area contributed by atoms with E-state index in [1.165, 1.54) is 24.8 Å². The summed E-state index contributed by atoms with van der Waals surface area (Å²) in [6.07, 6.45) is 8.39. The van der Waals surface area contributed by atoms with E-state index in [-0.39, 0.29) is 0 Å². The van der Waals surface area contributed by atoms with Crippen molar-refractivity contribution in [2.24, 2.45) is 0 Å². The molecule has 1 aromatic carbocycles. The zero-order valence-electron chi connectivity index (χ0n) is 15.4. The molecular formula is C23H24ClN3. The van der Waals surface area contributed by atoms with Crippen LogP contribution < -0.4 is 0 Å². The van der Waals surface area contributed by atoms with Crippen molar-refractivity contribution in [2.45, 2.75) is 38.3 Å². The molecule has 1 aliphatic rings. The van der Waals surface area contributed by atoms with E-state index >= 15 is 0 Å². The third-order valence-electron chi connectivity index (χ3n) is 5.27. The van der Waals surface area contributed by atoms with Gasteiger partial charge in [-0.25, -0.2) is 0 Å². The smallest absolute Gasteiger partial charge is 0.0544 e. The van der Waals surface area contributed by atoms with Crippen molar-refractivity contribution in [3.05, 3.63) is 94.5 Å². The molecule has 1 fully saturated rings. The zero-order chi connectivity index (χ0) is 18.5. The molecule has 1 aliphatic heterocycles. The largest absolute Gasteiger partial charge is 0.290 e. The number of rotatable bonds is 5. The van der Waals surface area contributed by atoms with Crippen molar-refractivity contribution in [3.63, 3.8) is 0 Å². The van der Waals surface area contributed by atoms with Crippen LogP contribution in [0.2, 0.25) is 5.02 Å². The predicted octanol–water partition coefficient (Wildman–Crippen LogP) is 5.45. The van der Waals surface area contributed by atoms with Crippen molar-refractivity contribution in [2.75, 3.05) is 6.54 Å². The summed E-state index contributed by atoms with van der Waals surface area (Å²) in [4.78, 5) is 11.8. The molecule has 0 saturated carbocycles. The van der Waals surface area contributed by atoms with Crippen molar-refractivity contribution in [1.82, 2.24) is 14.9 Å². The number of hydrogen-bond donors (Lipinski definition) is 0. The van der Waals surface area contributed by atoms with E-state index in [4.69, 9.17) is 16.6 Å². The van der Waals surface area contributed by atoms with Gasteiger partial charge in [-0.2, -0.15) is 0 Å². The summed E-state index contributed by atoms with van der Waals surface area (Å²) < 4.78 is 0. The minimum Gasteiger partial charge on any atom is -0.290 e. The molecule has 3 aromatic rings. The second kappa shape index (κ2) is 8.64. The topological polar surface area (TPSA) is 29.0 Å². The maximum Gasteiger partial charge on any atom is 0.0544 e. The van der Waals surface area contributed by atoms with Gasteiger partial charge in [-0.3, -0.25) is 14.9 Å². The Morgan fingerprint density at radius 2 is 1.81 bits per heavy atom. The van der Waals surface area contributed by atoms with Crippen molar-refractivity contribution >= 4 is 11.6 Å². The minimum atomic E-state index is 0.419. The lowest BCUT2D eigenvalue weighted by Gasteiger charge is -2.35. The van der Waals surface area contributed by atoms with Gasteiger partial charge in [-0.1, -0.05) is 48.4 Å². The van der Waals surface area contributed by atoms with Crippen LogP contribution in [-0.4, -0.2) is 21.4 Å². The van der Waals surface area contributed by atoms with Crippen molar-refractivity contribution in [3.8, 4) is 0 Å². The number of benzene rings is 1. The number of hydrogen-bond acceptors (Lipinski definition) is 3. The highest BCUT2D eigenvalue weighted by molar-refractivity contribution is 6.31. The summed E-state index contributed by atoms with van der Waals surface area (Å²) in [5.74, 6) is 0. The first-order valence-electron chi connectivity index (χ1n) is 9.62. The summed E-state index contributed by atoms with van der Waals surface area (Å²) in [5, 5.41) is 0.803. The molecule has 3 heterocycles. The highest BCUT2D eigenvalue weighted by Crippen LogP contribution is 2.31. The molecule has 0 bridgehead atoms. The molecule has 2 aromatic heterocycles. The van der Waals surface area contributed by atoms with E-state index in [0.29, 0.717) is 6.04 Å². The van der Waals surface area contributed by atoms with Gasteiger partial charge in [0.15, 0.2) is 0 Å². The third kappa shape index (κ3) is 4.55. The van der Waals surface area contributed by atoms with Gasteiger partial charge in [0.2, 0.25) is 0 Å². The standard InChI is InChI=1S/C23H24ClN3/c24-22-9-2-1-7-18(22)15-20-12-11-19(16-26-20)23-10-4-6-14-27(23)17-21-8-3-5-13-25-21/h1-3,5,7-9,11-13,16,23H,4,6,10,14-15,17H2. The first kappa shape index (κ1) is 18.1. The van der Waals surface area contributed by atoms with E-state index in [1.54, 1.807) is 0 Å². The third-order valence-corrected chi connectivity index (χ3v) is 5.64. The number of nitrogens with zero attached hydrogens (tertiary/aromatic N) is 3. The molecule has 1 unspecified atom stereocenters. The number of likely N-dealkylation sites (tertiary alicyclic amines) is 1. The van der Waals surface area contributed by atoms with E-state index in [0.717, 1.165) is 41.5 Å². The summed E-state index contributed by atoms with van der Waals surface area (Å²) in [7, 11) is 0. The number of pyridine rings is 2. The minimum absolute atomic E-state index is 0.419. The molecule has 4 rings (SSSR count). The van der Waals surface area contributed by atoms with Gasteiger partial charge >= 0.3 is 0 Å². The average molecular weight is 378 g/mol. The first-order chi connectivity index (χ1) is 13.3. The molecule has 0 N–H and O–H groups in total. The van der Waals surface area contributed by atoms with E-state index in [9.17, 15) is 0 Å². The van der Waals surface area contributed by atoms with Crippen LogP contribution in [0, 0.1) is 0 Å². The normalized spacial score (nSPS) is 17.7. The second-order valence-electron chi connectivity index (χ2n) is 7.15. The molecular weight excluding hydrogens is 354 g/mol. The monoisotopic (exact) mass is 377 g/mol. The zero-order valence-corrected chi connectivity index (χ0v) is 16.1. The summed E-state index contributed by atoms with van der Waals surface area (Å²) in [6, 6.07) is 18.9. The summed E-state index contributed by atoms with van der Waals surface area (Å²) >= 11 is 6.28. The molecule has 4 heteroatoms. The maximum absolute atomic E-state index is 6.28. The predicted molar refractivity (Wildman–Crippen MR) is 110 cm³/mol. The van der Waals surface area contributed by atoms with E-state index in [1.807, 2.05) is 36.7 Å². The second-order valence-corrected chi connectivity index (χ2v) is 7.56. The quantitative estimate of drug-likeness (QED) is 0.592. The van der Waals surface area contributed by atoms with Crippen molar-refractivity contribution in [1.29, 1.82) is 0 Å². The van der Waals surface area contributed by atoms with Crippen LogP contribution in [0.5, 0.6) is 0 Å². The van der Waals surface area contributed by atoms with E-state index in [2.05, 4.69) is 40.2 Å². The van der Waals surface area contributed by atoms with Crippen LogP contribution in [0.15, 0.2) is 67.0 Å². The van der Waals surface area contributed by atoms with Crippen LogP contribution in [0.25, 0.3) is 0 Å². The van der Waals surface area contributed by atoms with Gasteiger partial charge in [0.25, 0.3) is 0 Å². The molecule has 1 atom stereocenters. The SMILES string of the molecule is Clc1ccccc1Cc1ccc(C2CCCCN2Cc2ccccn2)cn1. The van der Waals surface area contributed by atoms with Crippen LogP contribution in [0.4, 0.5) is 0 Å².